The van der Waals surface area contributed by atoms with Crippen LogP contribution in [0, 0.1) is 6.92 Å². The molecular weight excluding hydrogens is 224 g/mol. The average molecular weight is 242 g/mol. The number of Topliss-reactive ketones (excluding diaryl/α,β-unsaturated/α-hetero) is 1. The first-order valence-corrected chi connectivity index (χ1v) is 6.31. The predicted octanol–water partition coefficient (Wildman–Crippen LogP) is 3.03. The maximum absolute atomic E-state index is 12.1. The maximum Gasteiger partial charge on any atom is 0.181 e. The SMILES string of the molecule is CCn1nccc1C(=O)CCc1ccc(C)cc1. The van der Waals surface area contributed by atoms with Crippen LogP contribution in [0.15, 0.2) is 36.5 Å². The monoisotopic (exact) mass is 242 g/mol. The number of carbonyl (C=O) groups is 1. The molecule has 94 valence electrons. The number of carbonyl (C=O) groups excluding carboxylic acids is 1. The Morgan fingerprint density at radius 1 is 1.22 bits per heavy atom. The second-order valence-corrected chi connectivity index (χ2v) is 4.44. The minimum atomic E-state index is 0.162. The van der Waals surface area contributed by atoms with Gasteiger partial charge in [0.15, 0.2) is 5.78 Å². The molecule has 0 fully saturated rings. The summed E-state index contributed by atoms with van der Waals surface area (Å²) in [5.41, 5.74) is 3.16. The van der Waals surface area contributed by atoms with Crippen LogP contribution in [0.5, 0.6) is 0 Å². The molecule has 0 aliphatic heterocycles. The van der Waals surface area contributed by atoms with Crippen molar-refractivity contribution < 1.29 is 4.79 Å². The lowest BCUT2D eigenvalue weighted by Gasteiger charge is -2.04. The van der Waals surface area contributed by atoms with E-state index in [1.807, 2.05) is 6.92 Å². The van der Waals surface area contributed by atoms with Crippen LogP contribution in [-0.4, -0.2) is 15.6 Å². The molecule has 0 unspecified atom stereocenters. The highest BCUT2D eigenvalue weighted by molar-refractivity contribution is 5.94. The zero-order valence-corrected chi connectivity index (χ0v) is 10.9. The van der Waals surface area contributed by atoms with E-state index in [2.05, 4.69) is 36.3 Å². The molecule has 0 radical (unpaired) electrons. The number of aromatic nitrogens is 2. The molecule has 3 heteroatoms. The number of aryl methyl sites for hydroxylation is 3. The third-order valence-electron chi connectivity index (χ3n) is 3.06. The molecule has 1 heterocycles. The van der Waals surface area contributed by atoms with Gasteiger partial charge in [-0.2, -0.15) is 5.10 Å². The smallest absolute Gasteiger partial charge is 0.181 e. The molecule has 0 aliphatic carbocycles. The molecule has 0 spiro atoms. The highest BCUT2D eigenvalue weighted by Gasteiger charge is 2.10. The van der Waals surface area contributed by atoms with Crippen LogP contribution in [0.2, 0.25) is 0 Å². The summed E-state index contributed by atoms with van der Waals surface area (Å²) in [4.78, 5) is 12.1. The summed E-state index contributed by atoms with van der Waals surface area (Å²) in [5.74, 6) is 0.162. The molecule has 2 aromatic rings. The molecule has 3 nitrogen and oxygen atoms in total. The lowest BCUT2D eigenvalue weighted by molar-refractivity contribution is 0.0972. The van der Waals surface area contributed by atoms with Gasteiger partial charge in [0.05, 0.1) is 0 Å². The third-order valence-corrected chi connectivity index (χ3v) is 3.06. The summed E-state index contributed by atoms with van der Waals surface area (Å²) in [5, 5.41) is 4.12. The first-order chi connectivity index (χ1) is 8.70. The summed E-state index contributed by atoms with van der Waals surface area (Å²) in [6.45, 7) is 4.79. The Morgan fingerprint density at radius 3 is 2.61 bits per heavy atom. The number of rotatable bonds is 5. The molecule has 0 bridgehead atoms. The van der Waals surface area contributed by atoms with E-state index in [-0.39, 0.29) is 5.78 Å². The van der Waals surface area contributed by atoms with Gasteiger partial charge < -0.3 is 0 Å². The summed E-state index contributed by atoms with van der Waals surface area (Å²) in [7, 11) is 0. The normalized spacial score (nSPS) is 10.6. The van der Waals surface area contributed by atoms with E-state index in [1.54, 1.807) is 16.9 Å². The first kappa shape index (κ1) is 12.6. The minimum Gasteiger partial charge on any atom is -0.292 e. The molecule has 0 N–H and O–H groups in total. The lowest BCUT2D eigenvalue weighted by atomic mass is 10.0. The largest absolute Gasteiger partial charge is 0.292 e. The second-order valence-electron chi connectivity index (χ2n) is 4.44. The zero-order valence-electron chi connectivity index (χ0n) is 10.9. The Balaban J connectivity index is 1.98. The summed E-state index contributed by atoms with van der Waals surface area (Å²) in [6.07, 6.45) is 3.01. The van der Waals surface area contributed by atoms with E-state index in [1.165, 1.54) is 11.1 Å². The van der Waals surface area contributed by atoms with Crippen molar-refractivity contribution in [3.05, 3.63) is 53.3 Å². The summed E-state index contributed by atoms with van der Waals surface area (Å²) < 4.78 is 1.75. The highest BCUT2D eigenvalue weighted by atomic mass is 16.1. The van der Waals surface area contributed by atoms with Crippen molar-refractivity contribution in [2.45, 2.75) is 33.2 Å². The van der Waals surface area contributed by atoms with Gasteiger partial charge in [0.1, 0.15) is 5.69 Å². The standard InChI is InChI=1S/C15H18N2O/c1-3-17-14(10-11-16-17)15(18)9-8-13-6-4-12(2)5-7-13/h4-7,10-11H,3,8-9H2,1-2H3. The molecule has 2 rings (SSSR count). The fourth-order valence-corrected chi connectivity index (χ4v) is 1.96. The maximum atomic E-state index is 12.1. The molecule has 1 aromatic heterocycles. The Hall–Kier alpha value is -1.90. The van der Waals surface area contributed by atoms with Gasteiger partial charge in [-0.1, -0.05) is 29.8 Å². The van der Waals surface area contributed by atoms with Crippen LogP contribution in [0.25, 0.3) is 0 Å². The van der Waals surface area contributed by atoms with Gasteiger partial charge in [0.2, 0.25) is 0 Å². The van der Waals surface area contributed by atoms with Crippen molar-refractivity contribution in [1.29, 1.82) is 0 Å². The highest BCUT2D eigenvalue weighted by Crippen LogP contribution is 2.09. The van der Waals surface area contributed by atoms with Crippen LogP contribution in [0.1, 0.15) is 35.0 Å². The van der Waals surface area contributed by atoms with Gasteiger partial charge in [0.25, 0.3) is 0 Å². The number of benzene rings is 1. The van der Waals surface area contributed by atoms with Gasteiger partial charge in [0, 0.05) is 19.2 Å². The number of hydrogen-bond acceptors (Lipinski definition) is 2. The van der Waals surface area contributed by atoms with Gasteiger partial charge in [-0.3, -0.25) is 9.48 Å². The van der Waals surface area contributed by atoms with Crippen molar-refractivity contribution in [3.63, 3.8) is 0 Å². The third kappa shape index (κ3) is 2.86. The lowest BCUT2D eigenvalue weighted by Crippen LogP contribution is -2.10. The van der Waals surface area contributed by atoms with E-state index >= 15 is 0 Å². The van der Waals surface area contributed by atoms with Crippen LogP contribution in [0.4, 0.5) is 0 Å². The summed E-state index contributed by atoms with van der Waals surface area (Å²) in [6, 6.07) is 10.1. The van der Waals surface area contributed by atoms with Crippen molar-refractivity contribution in [3.8, 4) is 0 Å². The minimum absolute atomic E-state index is 0.162. The van der Waals surface area contributed by atoms with E-state index in [4.69, 9.17) is 0 Å². The fraction of sp³-hybridized carbons (Fsp3) is 0.333. The molecule has 0 amide bonds. The average Bonchev–Trinajstić information content (AvgIpc) is 2.86. The molecule has 18 heavy (non-hydrogen) atoms. The van der Waals surface area contributed by atoms with Gasteiger partial charge >= 0.3 is 0 Å². The Morgan fingerprint density at radius 2 is 1.94 bits per heavy atom. The van der Waals surface area contributed by atoms with Crippen LogP contribution < -0.4 is 0 Å². The van der Waals surface area contributed by atoms with Gasteiger partial charge in [-0.05, 0) is 31.9 Å². The van der Waals surface area contributed by atoms with Crippen molar-refractivity contribution >= 4 is 5.78 Å². The number of nitrogens with zero attached hydrogens (tertiary/aromatic N) is 2. The molecule has 1 aromatic carbocycles. The van der Waals surface area contributed by atoms with E-state index in [0.717, 1.165) is 13.0 Å². The quantitative estimate of drug-likeness (QED) is 0.755. The van der Waals surface area contributed by atoms with E-state index in [0.29, 0.717) is 12.1 Å². The Bertz CT molecular complexity index is 526. The molecule has 0 saturated heterocycles. The molecule has 0 saturated carbocycles. The van der Waals surface area contributed by atoms with Crippen LogP contribution in [-0.2, 0) is 13.0 Å². The van der Waals surface area contributed by atoms with Crippen molar-refractivity contribution in [1.82, 2.24) is 9.78 Å². The zero-order chi connectivity index (χ0) is 13.0. The first-order valence-electron chi connectivity index (χ1n) is 6.31. The van der Waals surface area contributed by atoms with E-state index in [9.17, 15) is 4.79 Å². The Kier molecular flexibility index (Phi) is 3.92. The number of hydrogen-bond donors (Lipinski definition) is 0. The predicted molar refractivity (Wildman–Crippen MR) is 71.7 cm³/mol. The van der Waals surface area contributed by atoms with Crippen LogP contribution >= 0.6 is 0 Å². The summed E-state index contributed by atoms with van der Waals surface area (Å²) >= 11 is 0. The van der Waals surface area contributed by atoms with Crippen LogP contribution in [0.3, 0.4) is 0 Å². The molecule has 0 aliphatic rings. The van der Waals surface area contributed by atoms with Crippen molar-refractivity contribution in [2.24, 2.45) is 0 Å². The topological polar surface area (TPSA) is 34.9 Å². The number of ketones is 1. The van der Waals surface area contributed by atoms with E-state index < -0.39 is 0 Å². The van der Waals surface area contributed by atoms with Crippen molar-refractivity contribution in [2.75, 3.05) is 0 Å². The fourth-order valence-electron chi connectivity index (χ4n) is 1.96. The Labute approximate surface area is 107 Å². The second kappa shape index (κ2) is 5.63. The molecule has 0 atom stereocenters. The molecular formula is C15H18N2O. The van der Waals surface area contributed by atoms with Gasteiger partial charge in [-0.25, -0.2) is 0 Å². The van der Waals surface area contributed by atoms with Gasteiger partial charge in [-0.15, -0.1) is 0 Å².